The van der Waals surface area contributed by atoms with Gasteiger partial charge in [-0.1, -0.05) is 13.0 Å². The quantitative estimate of drug-likeness (QED) is 0.828. The fourth-order valence-corrected chi connectivity index (χ4v) is 3.22. The number of pyridine rings is 1. The maximum Gasteiger partial charge on any atom is 0.0708 e. The Morgan fingerprint density at radius 2 is 2.19 bits per heavy atom. The van der Waals surface area contributed by atoms with Crippen LogP contribution < -0.4 is 5.32 Å². The summed E-state index contributed by atoms with van der Waals surface area (Å²) in [6.07, 6.45) is 4.62. The molecular weight excluding hydrogens is 260 g/mol. The minimum Gasteiger partial charge on any atom is -0.383 e. The van der Waals surface area contributed by atoms with Crippen LogP contribution in [-0.2, 0) is 30.5 Å². The van der Waals surface area contributed by atoms with Crippen LogP contribution in [0.2, 0.25) is 0 Å². The summed E-state index contributed by atoms with van der Waals surface area (Å²) < 4.78 is 5.12. The van der Waals surface area contributed by atoms with Gasteiger partial charge in [-0.25, -0.2) is 0 Å². The number of aryl methyl sites for hydroxylation is 2. The summed E-state index contributed by atoms with van der Waals surface area (Å²) in [5, 5.41) is 4.84. The Morgan fingerprint density at radius 3 is 3.00 bits per heavy atom. The average molecular weight is 284 g/mol. The molecule has 112 valence electrons. The first kappa shape index (κ1) is 14.5. The summed E-state index contributed by atoms with van der Waals surface area (Å²) in [6.45, 7) is 4.77. The van der Waals surface area contributed by atoms with Gasteiger partial charge in [0.1, 0.15) is 0 Å². The Bertz CT molecular complexity index is 637. The van der Waals surface area contributed by atoms with Crippen LogP contribution in [0.5, 0.6) is 0 Å². The monoisotopic (exact) mass is 284 g/mol. The van der Waals surface area contributed by atoms with E-state index in [1.807, 2.05) is 0 Å². The first-order chi connectivity index (χ1) is 10.3. The second kappa shape index (κ2) is 6.54. The number of ether oxygens (including phenoxy) is 1. The average Bonchev–Trinajstić information content (AvgIpc) is 2.98. The SMILES string of the molecule is CCc1ccc2nc3c(c(CNCCOC)c2c1)CCC3. The fourth-order valence-electron chi connectivity index (χ4n) is 3.22. The summed E-state index contributed by atoms with van der Waals surface area (Å²) in [5.41, 5.74) is 6.80. The molecule has 3 heteroatoms. The zero-order chi connectivity index (χ0) is 14.7. The van der Waals surface area contributed by atoms with Gasteiger partial charge in [-0.05, 0) is 54.5 Å². The first-order valence-electron chi connectivity index (χ1n) is 7.96. The molecule has 0 spiro atoms. The van der Waals surface area contributed by atoms with E-state index in [0.29, 0.717) is 0 Å². The molecule has 1 aromatic heterocycles. The third kappa shape index (κ3) is 2.94. The van der Waals surface area contributed by atoms with Gasteiger partial charge in [-0.3, -0.25) is 4.98 Å². The molecule has 1 aliphatic rings. The lowest BCUT2D eigenvalue weighted by Crippen LogP contribution is -2.20. The molecule has 21 heavy (non-hydrogen) atoms. The molecule has 3 nitrogen and oxygen atoms in total. The Kier molecular flexibility index (Phi) is 4.51. The van der Waals surface area contributed by atoms with Gasteiger partial charge in [-0.2, -0.15) is 0 Å². The highest BCUT2D eigenvalue weighted by Crippen LogP contribution is 2.30. The molecular formula is C18H24N2O. The lowest BCUT2D eigenvalue weighted by atomic mass is 9.99. The van der Waals surface area contributed by atoms with Gasteiger partial charge in [0.2, 0.25) is 0 Å². The van der Waals surface area contributed by atoms with Crippen LogP contribution in [0.4, 0.5) is 0 Å². The lowest BCUT2D eigenvalue weighted by Gasteiger charge is -2.14. The minimum atomic E-state index is 0.755. The van der Waals surface area contributed by atoms with Crippen LogP contribution >= 0.6 is 0 Å². The van der Waals surface area contributed by atoms with Crippen molar-refractivity contribution < 1.29 is 4.74 Å². The molecule has 1 aliphatic carbocycles. The van der Waals surface area contributed by atoms with Crippen molar-refractivity contribution in [2.75, 3.05) is 20.3 Å². The van der Waals surface area contributed by atoms with Crippen LogP contribution in [0.15, 0.2) is 18.2 Å². The Balaban J connectivity index is 2.00. The van der Waals surface area contributed by atoms with E-state index in [2.05, 4.69) is 30.4 Å². The van der Waals surface area contributed by atoms with Crippen molar-refractivity contribution >= 4 is 10.9 Å². The highest BCUT2D eigenvalue weighted by atomic mass is 16.5. The van der Waals surface area contributed by atoms with E-state index in [1.54, 1.807) is 7.11 Å². The number of rotatable bonds is 6. The summed E-state index contributed by atoms with van der Waals surface area (Å²) in [6, 6.07) is 6.72. The van der Waals surface area contributed by atoms with E-state index in [4.69, 9.17) is 9.72 Å². The van der Waals surface area contributed by atoms with Crippen molar-refractivity contribution in [3.63, 3.8) is 0 Å². The molecule has 0 saturated heterocycles. The van der Waals surface area contributed by atoms with Crippen LogP contribution in [-0.4, -0.2) is 25.2 Å². The van der Waals surface area contributed by atoms with Gasteiger partial charge in [0, 0.05) is 31.3 Å². The fraction of sp³-hybridized carbons (Fsp3) is 0.500. The molecule has 1 N–H and O–H groups in total. The number of aromatic nitrogens is 1. The summed E-state index contributed by atoms with van der Waals surface area (Å²) in [7, 11) is 1.74. The molecule has 0 aliphatic heterocycles. The third-order valence-electron chi connectivity index (χ3n) is 4.39. The highest BCUT2D eigenvalue weighted by molar-refractivity contribution is 5.84. The van der Waals surface area contributed by atoms with E-state index >= 15 is 0 Å². The maximum atomic E-state index is 5.12. The second-order valence-corrected chi connectivity index (χ2v) is 5.74. The summed E-state index contributed by atoms with van der Waals surface area (Å²) in [4.78, 5) is 4.88. The maximum absolute atomic E-state index is 5.12. The van der Waals surface area contributed by atoms with Gasteiger partial charge in [0.15, 0.2) is 0 Å². The third-order valence-corrected chi connectivity index (χ3v) is 4.39. The molecule has 1 heterocycles. The van der Waals surface area contributed by atoms with Crippen molar-refractivity contribution in [3.8, 4) is 0 Å². The normalized spacial score (nSPS) is 13.8. The number of methoxy groups -OCH3 is 1. The van der Waals surface area contributed by atoms with Gasteiger partial charge < -0.3 is 10.1 Å². The molecule has 0 radical (unpaired) electrons. The van der Waals surface area contributed by atoms with Gasteiger partial charge >= 0.3 is 0 Å². The number of fused-ring (bicyclic) bond motifs is 2. The topological polar surface area (TPSA) is 34.2 Å². The largest absolute Gasteiger partial charge is 0.383 e. The molecule has 0 unspecified atom stereocenters. The Morgan fingerprint density at radius 1 is 1.29 bits per heavy atom. The lowest BCUT2D eigenvalue weighted by molar-refractivity contribution is 0.199. The number of benzene rings is 1. The van der Waals surface area contributed by atoms with Gasteiger partial charge in [0.25, 0.3) is 0 Å². The molecule has 1 aromatic carbocycles. The molecule has 2 aromatic rings. The van der Waals surface area contributed by atoms with Crippen molar-refractivity contribution in [1.82, 2.24) is 10.3 Å². The van der Waals surface area contributed by atoms with E-state index in [9.17, 15) is 0 Å². The molecule has 0 amide bonds. The van der Waals surface area contributed by atoms with Crippen molar-refractivity contribution in [1.29, 1.82) is 0 Å². The molecule has 0 atom stereocenters. The van der Waals surface area contributed by atoms with E-state index in [-0.39, 0.29) is 0 Å². The van der Waals surface area contributed by atoms with E-state index < -0.39 is 0 Å². The first-order valence-corrected chi connectivity index (χ1v) is 7.96. The Labute approximate surface area is 126 Å². The number of hydrogen-bond acceptors (Lipinski definition) is 3. The van der Waals surface area contributed by atoms with Crippen LogP contribution in [0.1, 0.15) is 35.7 Å². The molecule has 0 saturated carbocycles. The summed E-state index contributed by atoms with van der Waals surface area (Å²) in [5.74, 6) is 0. The molecule has 0 fully saturated rings. The smallest absolute Gasteiger partial charge is 0.0708 e. The van der Waals surface area contributed by atoms with Crippen LogP contribution in [0, 0.1) is 0 Å². The zero-order valence-corrected chi connectivity index (χ0v) is 13.0. The van der Waals surface area contributed by atoms with E-state index in [1.165, 1.54) is 40.6 Å². The van der Waals surface area contributed by atoms with Crippen LogP contribution in [0.25, 0.3) is 10.9 Å². The zero-order valence-electron chi connectivity index (χ0n) is 13.0. The predicted octanol–water partition coefficient (Wildman–Crippen LogP) is 3.02. The van der Waals surface area contributed by atoms with Crippen molar-refractivity contribution in [2.45, 2.75) is 39.2 Å². The second-order valence-electron chi connectivity index (χ2n) is 5.74. The van der Waals surface area contributed by atoms with Crippen molar-refractivity contribution in [2.24, 2.45) is 0 Å². The highest BCUT2D eigenvalue weighted by Gasteiger charge is 2.19. The number of nitrogens with one attached hydrogen (secondary N) is 1. The van der Waals surface area contributed by atoms with Gasteiger partial charge in [0.05, 0.1) is 12.1 Å². The molecule has 3 rings (SSSR count). The van der Waals surface area contributed by atoms with E-state index in [0.717, 1.165) is 38.1 Å². The minimum absolute atomic E-state index is 0.755. The van der Waals surface area contributed by atoms with Gasteiger partial charge in [-0.15, -0.1) is 0 Å². The number of hydrogen-bond donors (Lipinski definition) is 1. The molecule has 0 bridgehead atoms. The standard InChI is InChI=1S/C18H24N2O/c1-3-13-7-8-18-15(11-13)16(12-19-9-10-21-2)14-5-4-6-17(14)20-18/h7-8,11,19H,3-6,9-10,12H2,1-2H3. The van der Waals surface area contributed by atoms with Crippen LogP contribution in [0.3, 0.4) is 0 Å². The van der Waals surface area contributed by atoms with Crippen molar-refractivity contribution in [3.05, 3.63) is 40.6 Å². The summed E-state index contributed by atoms with van der Waals surface area (Å²) >= 11 is 0. The Hall–Kier alpha value is -1.45. The predicted molar refractivity (Wildman–Crippen MR) is 86.7 cm³/mol. The number of nitrogens with zero attached hydrogens (tertiary/aromatic N) is 1.